The molecule has 0 saturated heterocycles. The van der Waals surface area contributed by atoms with E-state index in [1.165, 1.54) is 55.9 Å². The number of nitrogens with one attached hydrogen (secondary N) is 1. The average molecular weight is 263 g/mol. The smallest absolute Gasteiger partial charge is 0.185 e. The Hall–Kier alpha value is -0.610. The van der Waals surface area contributed by atoms with Crippen molar-refractivity contribution in [2.24, 2.45) is 5.92 Å². The number of nitrogens with zero attached hydrogens (tertiary/aromatic N) is 2. The molecule has 1 N–H and O–H groups in total. The van der Waals surface area contributed by atoms with Crippen LogP contribution in [-0.4, -0.2) is 23.6 Å². The standard InChI is InChI=1S/C14H21N3S/c1-2-10(1)8-17(13-5-6-13)14-16-12(9-18-14)7-15-11-3-4-11/h9-11,13,15H,1-8H2. The largest absolute Gasteiger partial charge is 0.345 e. The third-order valence-electron chi connectivity index (χ3n) is 4.07. The van der Waals surface area contributed by atoms with Gasteiger partial charge in [0.1, 0.15) is 0 Å². The minimum Gasteiger partial charge on any atom is -0.345 e. The third-order valence-corrected chi connectivity index (χ3v) is 5.00. The summed E-state index contributed by atoms with van der Waals surface area (Å²) in [7, 11) is 0. The zero-order chi connectivity index (χ0) is 11.9. The molecule has 1 aromatic rings. The molecule has 0 radical (unpaired) electrons. The number of anilines is 1. The van der Waals surface area contributed by atoms with Gasteiger partial charge in [0.15, 0.2) is 5.13 Å². The lowest BCUT2D eigenvalue weighted by Crippen LogP contribution is -2.28. The highest BCUT2D eigenvalue weighted by atomic mass is 32.1. The number of hydrogen-bond donors (Lipinski definition) is 1. The lowest BCUT2D eigenvalue weighted by molar-refractivity contribution is 0.672. The molecule has 4 rings (SSSR count). The molecule has 3 aliphatic rings. The van der Waals surface area contributed by atoms with Crippen LogP contribution in [0.5, 0.6) is 0 Å². The second-order valence-electron chi connectivity index (χ2n) is 6.10. The van der Waals surface area contributed by atoms with Gasteiger partial charge in [0.2, 0.25) is 0 Å². The van der Waals surface area contributed by atoms with E-state index in [4.69, 9.17) is 4.98 Å². The Bertz CT molecular complexity index is 418. The van der Waals surface area contributed by atoms with Gasteiger partial charge in [-0.25, -0.2) is 4.98 Å². The minimum atomic E-state index is 0.779. The molecule has 3 saturated carbocycles. The molecule has 0 bridgehead atoms. The lowest BCUT2D eigenvalue weighted by Gasteiger charge is -2.21. The minimum absolute atomic E-state index is 0.779. The van der Waals surface area contributed by atoms with Crippen molar-refractivity contribution in [2.45, 2.75) is 57.2 Å². The predicted molar refractivity (Wildman–Crippen MR) is 75.1 cm³/mol. The molecule has 98 valence electrons. The second kappa shape index (κ2) is 4.49. The molecule has 4 heteroatoms. The first kappa shape index (κ1) is 11.2. The van der Waals surface area contributed by atoms with Crippen molar-refractivity contribution < 1.29 is 0 Å². The van der Waals surface area contributed by atoms with Crippen LogP contribution in [0.3, 0.4) is 0 Å². The van der Waals surface area contributed by atoms with Crippen molar-refractivity contribution in [3.63, 3.8) is 0 Å². The van der Waals surface area contributed by atoms with E-state index in [0.29, 0.717) is 0 Å². The summed E-state index contributed by atoms with van der Waals surface area (Å²) in [6.07, 6.45) is 8.33. The van der Waals surface area contributed by atoms with Crippen LogP contribution in [0.25, 0.3) is 0 Å². The van der Waals surface area contributed by atoms with Crippen LogP contribution >= 0.6 is 11.3 Å². The average Bonchev–Trinajstić information content (AvgIpc) is 3.21. The third kappa shape index (κ3) is 2.69. The van der Waals surface area contributed by atoms with Crippen molar-refractivity contribution in [3.05, 3.63) is 11.1 Å². The number of aromatic nitrogens is 1. The zero-order valence-corrected chi connectivity index (χ0v) is 11.6. The monoisotopic (exact) mass is 263 g/mol. The second-order valence-corrected chi connectivity index (χ2v) is 6.94. The molecular formula is C14H21N3S. The summed E-state index contributed by atoms with van der Waals surface area (Å²) in [5.74, 6) is 0.961. The van der Waals surface area contributed by atoms with Gasteiger partial charge in [0.05, 0.1) is 5.69 Å². The Morgan fingerprint density at radius 3 is 2.72 bits per heavy atom. The van der Waals surface area contributed by atoms with Crippen LogP contribution in [0, 0.1) is 5.92 Å². The molecule has 18 heavy (non-hydrogen) atoms. The quantitative estimate of drug-likeness (QED) is 0.820. The zero-order valence-electron chi connectivity index (χ0n) is 10.8. The van der Waals surface area contributed by atoms with Gasteiger partial charge in [-0.2, -0.15) is 0 Å². The summed E-state index contributed by atoms with van der Waals surface area (Å²) < 4.78 is 0. The Balaban J connectivity index is 1.40. The summed E-state index contributed by atoms with van der Waals surface area (Å²) in [4.78, 5) is 7.42. The maximum absolute atomic E-state index is 4.83. The summed E-state index contributed by atoms with van der Waals surface area (Å²) in [6.45, 7) is 2.22. The van der Waals surface area contributed by atoms with E-state index in [2.05, 4.69) is 15.6 Å². The normalized spacial score (nSPS) is 23.3. The molecule has 3 aliphatic carbocycles. The highest BCUT2D eigenvalue weighted by Gasteiger charge is 2.35. The highest BCUT2D eigenvalue weighted by Crippen LogP contribution is 2.38. The van der Waals surface area contributed by atoms with Crippen molar-refractivity contribution >= 4 is 16.5 Å². The van der Waals surface area contributed by atoms with Gasteiger partial charge in [-0.05, 0) is 44.4 Å². The van der Waals surface area contributed by atoms with Gasteiger partial charge < -0.3 is 10.2 Å². The van der Waals surface area contributed by atoms with Gasteiger partial charge in [-0.15, -0.1) is 11.3 Å². The molecule has 0 unspecified atom stereocenters. The molecule has 0 amide bonds. The van der Waals surface area contributed by atoms with Gasteiger partial charge in [-0.1, -0.05) is 0 Å². The molecule has 3 nitrogen and oxygen atoms in total. The van der Waals surface area contributed by atoms with Crippen LogP contribution in [0.4, 0.5) is 5.13 Å². The number of hydrogen-bond acceptors (Lipinski definition) is 4. The molecule has 3 fully saturated rings. The summed E-state index contributed by atoms with van der Waals surface area (Å²) in [5, 5.41) is 7.07. The molecule has 1 aromatic heterocycles. The summed E-state index contributed by atoms with van der Waals surface area (Å²) in [5.41, 5.74) is 1.24. The van der Waals surface area contributed by atoms with Crippen molar-refractivity contribution in [2.75, 3.05) is 11.4 Å². The molecule has 0 aliphatic heterocycles. The molecule has 0 atom stereocenters. The first-order chi connectivity index (χ1) is 8.88. The number of rotatable bonds is 7. The molecule has 1 heterocycles. The first-order valence-corrected chi connectivity index (χ1v) is 8.21. The summed E-state index contributed by atoms with van der Waals surface area (Å²) in [6, 6.07) is 1.59. The van der Waals surface area contributed by atoms with E-state index < -0.39 is 0 Å². The Morgan fingerprint density at radius 2 is 2.06 bits per heavy atom. The van der Waals surface area contributed by atoms with Gasteiger partial charge in [-0.3, -0.25) is 0 Å². The fourth-order valence-electron chi connectivity index (χ4n) is 2.39. The van der Waals surface area contributed by atoms with Crippen LogP contribution in [0.2, 0.25) is 0 Å². The lowest BCUT2D eigenvalue weighted by atomic mass is 10.4. The Morgan fingerprint density at radius 1 is 1.22 bits per heavy atom. The van der Waals surface area contributed by atoms with E-state index in [0.717, 1.165) is 24.5 Å². The fourth-order valence-corrected chi connectivity index (χ4v) is 3.30. The Kier molecular flexibility index (Phi) is 2.81. The van der Waals surface area contributed by atoms with Crippen molar-refractivity contribution in [1.82, 2.24) is 10.3 Å². The predicted octanol–water partition coefficient (Wildman–Crippen LogP) is 2.77. The van der Waals surface area contributed by atoms with Gasteiger partial charge in [0, 0.05) is 30.6 Å². The Labute approximate surface area is 113 Å². The molecule has 0 spiro atoms. The topological polar surface area (TPSA) is 28.2 Å². The molecular weight excluding hydrogens is 242 g/mol. The van der Waals surface area contributed by atoms with Gasteiger partial charge >= 0.3 is 0 Å². The van der Waals surface area contributed by atoms with E-state index >= 15 is 0 Å². The van der Waals surface area contributed by atoms with E-state index in [1.54, 1.807) is 0 Å². The van der Waals surface area contributed by atoms with Crippen LogP contribution in [0.1, 0.15) is 44.2 Å². The maximum Gasteiger partial charge on any atom is 0.185 e. The van der Waals surface area contributed by atoms with Gasteiger partial charge in [0.25, 0.3) is 0 Å². The number of thiazole rings is 1. The molecule has 0 aromatic carbocycles. The summed E-state index contributed by atoms with van der Waals surface area (Å²) >= 11 is 1.84. The van der Waals surface area contributed by atoms with Crippen molar-refractivity contribution in [3.8, 4) is 0 Å². The SMILES string of the molecule is c1sc(N(CC2CC2)C2CC2)nc1CNC1CC1. The van der Waals surface area contributed by atoms with E-state index in [1.807, 2.05) is 11.3 Å². The van der Waals surface area contributed by atoms with Crippen molar-refractivity contribution in [1.29, 1.82) is 0 Å². The first-order valence-electron chi connectivity index (χ1n) is 7.33. The van der Waals surface area contributed by atoms with E-state index in [9.17, 15) is 0 Å². The van der Waals surface area contributed by atoms with Crippen LogP contribution in [0.15, 0.2) is 5.38 Å². The van der Waals surface area contributed by atoms with Crippen LogP contribution < -0.4 is 10.2 Å². The fraction of sp³-hybridized carbons (Fsp3) is 0.786. The van der Waals surface area contributed by atoms with Crippen LogP contribution in [-0.2, 0) is 6.54 Å². The highest BCUT2D eigenvalue weighted by molar-refractivity contribution is 7.13. The maximum atomic E-state index is 4.83. The van der Waals surface area contributed by atoms with E-state index in [-0.39, 0.29) is 0 Å².